The third kappa shape index (κ3) is 3.14. The summed E-state index contributed by atoms with van der Waals surface area (Å²) in [6, 6.07) is 4.32. The van der Waals surface area contributed by atoms with Crippen LogP contribution >= 0.6 is 0 Å². The van der Waals surface area contributed by atoms with E-state index in [9.17, 15) is 0 Å². The number of aryl methyl sites for hydroxylation is 1. The Hall–Kier alpha value is -1.68. The normalized spacial score (nSPS) is 12.6. The molecule has 4 nitrogen and oxygen atoms in total. The summed E-state index contributed by atoms with van der Waals surface area (Å²) in [6.07, 6.45) is 8.52. The number of hydrogen-bond acceptors (Lipinski definition) is 3. The summed E-state index contributed by atoms with van der Waals surface area (Å²) < 4.78 is 1.98. The third-order valence-electron chi connectivity index (χ3n) is 2.70. The highest BCUT2D eigenvalue weighted by atomic mass is 15.0. The molecule has 2 aromatic heterocycles. The zero-order chi connectivity index (χ0) is 12.1. The maximum absolute atomic E-state index is 4.41. The molecule has 0 saturated heterocycles. The highest BCUT2D eigenvalue weighted by Crippen LogP contribution is 2.15. The van der Waals surface area contributed by atoms with E-state index in [0.717, 1.165) is 18.7 Å². The van der Waals surface area contributed by atoms with Crippen LogP contribution < -0.4 is 5.32 Å². The number of hydrogen-bond donors (Lipinski definition) is 1. The van der Waals surface area contributed by atoms with E-state index >= 15 is 0 Å². The van der Waals surface area contributed by atoms with E-state index in [1.165, 1.54) is 5.56 Å². The van der Waals surface area contributed by atoms with E-state index in [2.05, 4.69) is 34.5 Å². The second-order valence-corrected chi connectivity index (χ2v) is 4.14. The lowest BCUT2D eigenvalue weighted by Gasteiger charge is -2.15. The van der Waals surface area contributed by atoms with E-state index in [1.54, 1.807) is 6.20 Å². The standard InChI is InChI=1S/C13H18N4/c1-3-15-12(13-9-17(2)10-16-13)7-11-5-4-6-14-8-11/h4-6,8-10,12,15H,3,7H2,1-2H3. The van der Waals surface area contributed by atoms with Crippen LogP contribution in [0.3, 0.4) is 0 Å². The van der Waals surface area contributed by atoms with Crippen molar-refractivity contribution in [3.05, 3.63) is 48.3 Å². The van der Waals surface area contributed by atoms with Crippen molar-refractivity contribution in [1.29, 1.82) is 0 Å². The highest BCUT2D eigenvalue weighted by molar-refractivity contribution is 5.14. The molecule has 0 aromatic carbocycles. The third-order valence-corrected chi connectivity index (χ3v) is 2.70. The number of rotatable bonds is 5. The van der Waals surface area contributed by atoms with Gasteiger partial charge in [0.1, 0.15) is 0 Å². The van der Waals surface area contributed by atoms with Crippen molar-refractivity contribution in [2.24, 2.45) is 7.05 Å². The van der Waals surface area contributed by atoms with Gasteiger partial charge in [-0.1, -0.05) is 13.0 Å². The molecule has 0 bridgehead atoms. The molecule has 2 heterocycles. The van der Waals surface area contributed by atoms with Crippen LogP contribution in [0.4, 0.5) is 0 Å². The van der Waals surface area contributed by atoms with Gasteiger partial charge in [-0.2, -0.15) is 0 Å². The summed E-state index contributed by atoms with van der Waals surface area (Å²) in [5, 5.41) is 3.46. The molecule has 0 aliphatic carbocycles. The van der Waals surface area contributed by atoms with Gasteiger partial charge in [-0.05, 0) is 24.6 Å². The first kappa shape index (κ1) is 11.8. The van der Waals surface area contributed by atoms with Gasteiger partial charge in [0.05, 0.1) is 18.1 Å². The van der Waals surface area contributed by atoms with Crippen molar-refractivity contribution in [3.8, 4) is 0 Å². The van der Waals surface area contributed by atoms with Gasteiger partial charge in [-0.15, -0.1) is 0 Å². The van der Waals surface area contributed by atoms with E-state index < -0.39 is 0 Å². The number of nitrogens with one attached hydrogen (secondary N) is 1. The Morgan fingerprint density at radius 3 is 2.94 bits per heavy atom. The molecule has 0 spiro atoms. The zero-order valence-electron chi connectivity index (χ0n) is 10.3. The first-order valence-electron chi connectivity index (χ1n) is 5.89. The summed E-state index contributed by atoms with van der Waals surface area (Å²) >= 11 is 0. The number of imidazole rings is 1. The van der Waals surface area contributed by atoms with E-state index in [-0.39, 0.29) is 6.04 Å². The van der Waals surface area contributed by atoms with Gasteiger partial charge in [0.2, 0.25) is 0 Å². The molecule has 2 aromatic rings. The van der Waals surface area contributed by atoms with Crippen molar-refractivity contribution in [2.45, 2.75) is 19.4 Å². The van der Waals surface area contributed by atoms with Gasteiger partial charge >= 0.3 is 0 Å². The maximum Gasteiger partial charge on any atom is 0.0947 e. The Balaban J connectivity index is 2.13. The molecular formula is C13H18N4. The van der Waals surface area contributed by atoms with Crippen LogP contribution in [0, 0.1) is 0 Å². The Morgan fingerprint density at radius 2 is 2.35 bits per heavy atom. The highest BCUT2D eigenvalue weighted by Gasteiger charge is 2.13. The first-order valence-corrected chi connectivity index (χ1v) is 5.89. The average molecular weight is 230 g/mol. The second kappa shape index (κ2) is 5.59. The van der Waals surface area contributed by atoms with Crippen molar-refractivity contribution in [3.63, 3.8) is 0 Å². The first-order chi connectivity index (χ1) is 8.29. The van der Waals surface area contributed by atoms with Gasteiger partial charge in [0.15, 0.2) is 0 Å². The molecule has 2 rings (SSSR count). The monoisotopic (exact) mass is 230 g/mol. The lowest BCUT2D eigenvalue weighted by molar-refractivity contribution is 0.537. The van der Waals surface area contributed by atoms with Crippen LogP contribution in [-0.2, 0) is 13.5 Å². The van der Waals surface area contributed by atoms with E-state index in [4.69, 9.17) is 0 Å². The minimum atomic E-state index is 0.255. The SMILES string of the molecule is CCNC(Cc1cccnc1)c1cn(C)cn1. The fourth-order valence-electron chi connectivity index (χ4n) is 1.90. The molecule has 1 N–H and O–H groups in total. The van der Waals surface area contributed by atoms with Crippen LogP contribution in [0.15, 0.2) is 37.1 Å². The van der Waals surface area contributed by atoms with Gasteiger partial charge in [-0.25, -0.2) is 4.98 Å². The molecule has 1 unspecified atom stereocenters. The molecule has 90 valence electrons. The molecule has 0 aliphatic rings. The molecule has 0 saturated carbocycles. The number of aromatic nitrogens is 3. The topological polar surface area (TPSA) is 42.7 Å². The van der Waals surface area contributed by atoms with Crippen molar-refractivity contribution in [2.75, 3.05) is 6.54 Å². The van der Waals surface area contributed by atoms with Crippen LogP contribution in [0.25, 0.3) is 0 Å². The summed E-state index contributed by atoms with van der Waals surface area (Å²) in [7, 11) is 1.99. The lowest BCUT2D eigenvalue weighted by Crippen LogP contribution is -2.23. The lowest BCUT2D eigenvalue weighted by atomic mass is 10.1. The van der Waals surface area contributed by atoms with Crippen molar-refractivity contribution in [1.82, 2.24) is 19.9 Å². The zero-order valence-corrected chi connectivity index (χ0v) is 10.3. The molecule has 0 aliphatic heterocycles. The fourth-order valence-corrected chi connectivity index (χ4v) is 1.90. The molecule has 4 heteroatoms. The van der Waals surface area contributed by atoms with Crippen LogP contribution in [0.5, 0.6) is 0 Å². The van der Waals surface area contributed by atoms with Crippen molar-refractivity contribution >= 4 is 0 Å². The quantitative estimate of drug-likeness (QED) is 0.850. The van der Waals surface area contributed by atoms with E-state index in [1.807, 2.05) is 30.2 Å². The fraction of sp³-hybridized carbons (Fsp3) is 0.385. The minimum Gasteiger partial charge on any atom is -0.340 e. The predicted molar refractivity (Wildman–Crippen MR) is 67.6 cm³/mol. The van der Waals surface area contributed by atoms with Crippen LogP contribution in [0.2, 0.25) is 0 Å². The maximum atomic E-state index is 4.41. The molecule has 0 fully saturated rings. The van der Waals surface area contributed by atoms with Crippen molar-refractivity contribution < 1.29 is 0 Å². The molecule has 1 atom stereocenters. The summed E-state index contributed by atoms with van der Waals surface area (Å²) in [4.78, 5) is 8.55. The summed E-state index contributed by atoms with van der Waals surface area (Å²) in [6.45, 7) is 3.04. The van der Waals surface area contributed by atoms with Gasteiger partial charge < -0.3 is 9.88 Å². The summed E-state index contributed by atoms with van der Waals surface area (Å²) in [5.41, 5.74) is 2.31. The Morgan fingerprint density at radius 1 is 1.47 bits per heavy atom. The molecule has 0 radical (unpaired) electrons. The minimum absolute atomic E-state index is 0.255. The second-order valence-electron chi connectivity index (χ2n) is 4.14. The Bertz CT molecular complexity index is 449. The largest absolute Gasteiger partial charge is 0.340 e. The van der Waals surface area contributed by atoms with E-state index in [0.29, 0.717) is 0 Å². The molecular weight excluding hydrogens is 212 g/mol. The number of nitrogens with zero attached hydrogens (tertiary/aromatic N) is 3. The molecule has 0 amide bonds. The van der Waals surface area contributed by atoms with Crippen LogP contribution in [-0.4, -0.2) is 21.1 Å². The Labute approximate surface area is 102 Å². The Kier molecular flexibility index (Phi) is 3.88. The van der Waals surface area contributed by atoms with Gasteiger partial charge in [0, 0.05) is 25.6 Å². The van der Waals surface area contributed by atoms with Gasteiger partial charge in [0.25, 0.3) is 0 Å². The smallest absolute Gasteiger partial charge is 0.0947 e. The predicted octanol–water partition coefficient (Wildman–Crippen LogP) is 1.71. The number of likely N-dealkylation sites (N-methyl/N-ethyl adjacent to an activating group) is 1. The summed E-state index contributed by atoms with van der Waals surface area (Å²) in [5.74, 6) is 0. The molecule has 17 heavy (non-hydrogen) atoms. The van der Waals surface area contributed by atoms with Crippen LogP contribution in [0.1, 0.15) is 24.2 Å². The average Bonchev–Trinajstić information content (AvgIpc) is 2.77. The van der Waals surface area contributed by atoms with Gasteiger partial charge in [-0.3, -0.25) is 4.98 Å². The number of pyridine rings is 1.